The first kappa shape index (κ1) is 23.5. The summed E-state index contributed by atoms with van der Waals surface area (Å²) in [5.74, 6) is -2.25. The van der Waals surface area contributed by atoms with E-state index in [0.29, 0.717) is 27.9 Å². The van der Waals surface area contributed by atoms with Crippen molar-refractivity contribution >= 4 is 28.5 Å². The molecule has 0 amide bonds. The van der Waals surface area contributed by atoms with Crippen LogP contribution in [0.4, 0.5) is 10.1 Å². The van der Waals surface area contributed by atoms with Crippen LogP contribution in [0.3, 0.4) is 0 Å². The minimum absolute atomic E-state index is 0.0251. The molecule has 0 saturated carbocycles. The minimum Gasteiger partial charge on any atom is -0.457 e. The van der Waals surface area contributed by atoms with Crippen LogP contribution in [0.25, 0.3) is 22.3 Å². The Kier molecular flexibility index (Phi) is 5.13. The number of ether oxygens (including phenoxy) is 2. The predicted molar refractivity (Wildman–Crippen MR) is 131 cm³/mol. The van der Waals surface area contributed by atoms with Gasteiger partial charge in [0.1, 0.15) is 12.4 Å². The Labute approximate surface area is 213 Å². The van der Waals surface area contributed by atoms with E-state index in [4.69, 9.17) is 9.47 Å². The molecule has 6 rings (SSSR count). The van der Waals surface area contributed by atoms with E-state index in [1.807, 2.05) is 0 Å². The van der Waals surface area contributed by atoms with Crippen LogP contribution in [0.2, 0.25) is 0 Å². The Morgan fingerprint density at radius 1 is 1.21 bits per heavy atom. The number of fused-ring (bicyclic) bond motifs is 5. The van der Waals surface area contributed by atoms with Crippen LogP contribution in [-0.4, -0.2) is 26.4 Å². The smallest absolute Gasteiger partial charge is 0.355 e. The molecule has 0 spiro atoms. The highest BCUT2D eigenvalue weighted by molar-refractivity contribution is 5.94. The number of nitro benzene ring substituents is 1. The fourth-order valence-corrected chi connectivity index (χ4v) is 5.11. The zero-order valence-corrected chi connectivity index (χ0v) is 19.9. The Morgan fingerprint density at radius 3 is 2.68 bits per heavy atom. The normalized spacial score (nSPS) is 17.4. The molecule has 38 heavy (non-hydrogen) atoms. The zero-order chi connectivity index (χ0) is 26.8. The van der Waals surface area contributed by atoms with Crippen LogP contribution in [0.15, 0.2) is 59.4 Å². The monoisotopic (exact) mass is 515 g/mol. The van der Waals surface area contributed by atoms with E-state index in [-0.39, 0.29) is 42.0 Å². The average Bonchev–Trinajstić information content (AvgIpc) is 3.27. The number of pyridine rings is 2. The summed E-state index contributed by atoms with van der Waals surface area (Å²) in [5, 5.41) is 11.9. The summed E-state index contributed by atoms with van der Waals surface area (Å²) in [6, 6.07) is 12.5. The highest BCUT2D eigenvalue weighted by Gasteiger charge is 2.50. The number of hydrogen-bond acceptors (Lipinski definition) is 8. The van der Waals surface area contributed by atoms with Crippen molar-refractivity contribution in [3.05, 3.63) is 103 Å². The second-order valence-electron chi connectivity index (χ2n) is 9.06. The number of non-ortho nitro benzene ring substituents is 1. The van der Waals surface area contributed by atoms with Gasteiger partial charge in [-0.05, 0) is 48.9 Å². The molecule has 10 nitrogen and oxygen atoms in total. The van der Waals surface area contributed by atoms with Crippen LogP contribution in [-0.2, 0) is 33.0 Å². The molecule has 2 aliphatic heterocycles. The van der Waals surface area contributed by atoms with E-state index in [0.717, 1.165) is 12.1 Å². The Hall–Kier alpha value is -4.93. The molecule has 0 unspecified atom stereocenters. The van der Waals surface area contributed by atoms with Gasteiger partial charge in [-0.15, -0.1) is 0 Å². The number of benzene rings is 2. The van der Waals surface area contributed by atoms with Gasteiger partial charge >= 0.3 is 11.9 Å². The summed E-state index contributed by atoms with van der Waals surface area (Å²) in [4.78, 5) is 55.4. The van der Waals surface area contributed by atoms with Gasteiger partial charge in [-0.2, -0.15) is 0 Å². The minimum atomic E-state index is -1.91. The van der Waals surface area contributed by atoms with Crippen molar-refractivity contribution in [3.8, 4) is 11.4 Å². The number of hydrogen-bond donors (Lipinski definition) is 0. The molecule has 1 atom stereocenters. The lowest BCUT2D eigenvalue weighted by molar-refractivity contribution is -0.383. The first-order valence-electron chi connectivity index (χ1n) is 11.7. The number of carbonyl (C=O) groups excluding carboxylic acids is 2. The van der Waals surface area contributed by atoms with Gasteiger partial charge in [0.25, 0.3) is 11.2 Å². The fourth-order valence-electron chi connectivity index (χ4n) is 5.11. The van der Waals surface area contributed by atoms with E-state index in [1.54, 1.807) is 25.1 Å². The second kappa shape index (κ2) is 8.30. The van der Waals surface area contributed by atoms with E-state index >= 15 is 0 Å². The highest BCUT2D eigenvalue weighted by Crippen LogP contribution is 2.41. The molecule has 11 heteroatoms. The van der Waals surface area contributed by atoms with Crippen molar-refractivity contribution in [3.63, 3.8) is 0 Å². The zero-order valence-electron chi connectivity index (χ0n) is 19.9. The summed E-state index contributed by atoms with van der Waals surface area (Å²) in [6.45, 7) is 1.44. The molecule has 0 radical (unpaired) electrons. The van der Waals surface area contributed by atoms with Crippen molar-refractivity contribution in [2.24, 2.45) is 0 Å². The third kappa shape index (κ3) is 3.31. The number of carbonyl (C=O) groups is 2. The Morgan fingerprint density at radius 2 is 1.97 bits per heavy atom. The van der Waals surface area contributed by atoms with E-state index < -0.39 is 33.8 Å². The number of aromatic nitrogens is 2. The molecular formula is C27H18FN3O7. The number of nitro groups is 1. The number of nitrogens with zero attached hydrogens (tertiary/aromatic N) is 3. The molecule has 2 aromatic carbocycles. The van der Waals surface area contributed by atoms with Gasteiger partial charge < -0.3 is 14.0 Å². The molecule has 0 N–H and O–H groups in total. The molecule has 2 aliphatic rings. The second-order valence-corrected chi connectivity index (χ2v) is 9.06. The molecule has 2 aromatic heterocycles. The van der Waals surface area contributed by atoms with Crippen molar-refractivity contribution in [1.82, 2.24) is 9.55 Å². The first-order valence-corrected chi connectivity index (χ1v) is 11.7. The van der Waals surface area contributed by atoms with Gasteiger partial charge in [0.05, 0.1) is 44.9 Å². The summed E-state index contributed by atoms with van der Waals surface area (Å²) in [7, 11) is 0. The Bertz CT molecular complexity index is 1760. The Balaban J connectivity index is 1.52. The number of halogens is 1. The highest BCUT2D eigenvalue weighted by atomic mass is 19.1. The molecule has 0 fully saturated rings. The SMILES string of the molecule is CC[C@@]1(OC(=O)c2ccc(F)cc2)C(=O)OCc2c1cc1n(c2=O)Cc2cc3c([N+](=O)[O-])cccc3nc2-1. The summed E-state index contributed by atoms with van der Waals surface area (Å²) in [6.07, 6.45) is -0.0289. The lowest BCUT2D eigenvalue weighted by Crippen LogP contribution is -2.47. The topological polar surface area (TPSA) is 131 Å². The fraction of sp³-hybridized carbons (Fsp3) is 0.185. The van der Waals surface area contributed by atoms with E-state index in [1.165, 1.54) is 28.8 Å². The van der Waals surface area contributed by atoms with E-state index in [2.05, 4.69) is 4.98 Å². The first-order chi connectivity index (χ1) is 18.2. The summed E-state index contributed by atoms with van der Waals surface area (Å²) < 4.78 is 25.9. The maximum atomic E-state index is 13.6. The van der Waals surface area contributed by atoms with Crippen molar-refractivity contribution in [2.45, 2.75) is 32.1 Å². The maximum absolute atomic E-state index is 13.6. The quantitative estimate of drug-likeness (QED) is 0.200. The van der Waals surface area contributed by atoms with Crippen LogP contribution in [0, 0.1) is 15.9 Å². The third-order valence-corrected chi connectivity index (χ3v) is 7.04. The van der Waals surface area contributed by atoms with Crippen LogP contribution in [0.1, 0.15) is 40.4 Å². The standard InChI is InChI=1S/C27H18FN3O7/c1-2-27(38-25(33)14-6-8-16(28)9-7-14)19-11-22-23-15(12-30(22)24(32)18(19)13-37-26(27)34)10-17-20(29-23)4-3-5-21(17)31(35)36/h3-11H,2,12-13H2,1H3/t27-/m0/s1. The largest absolute Gasteiger partial charge is 0.457 e. The van der Waals surface area contributed by atoms with Crippen LogP contribution >= 0.6 is 0 Å². The van der Waals surface area contributed by atoms with Crippen LogP contribution < -0.4 is 5.56 Å². The molecule has 0 bridgehead atoms. The summed E-state index contributed by atoms with van der Waals surface area (Å²) in [5.41, 5.74) is -0.279. The number of esters is 2. The van der Waals surface area contributed by atoms with Crippen molar-refractivity contribution < 1.29 is 28.4 Å². The molecule has 0 aliphatic carbocycles. The van der Waals surface area contributed by atoms with Gasteiger partial charge in [0, 0.05) is 17.2 Å². The molecule has 4 aromatic rings. The number of cyclic esters (lactones) is 1. The van der Waals surface area contributed by atoms with Crippen LogP contribution in [0.5, 0.6) is 0 Å². The van der Waals surface area contributed by atoms with E-state index in [9.17, 15) is 28.9 Å². The van der Waals surface area contributed by atoms with Gasteiger partial charge in [-0.25, -0.2) is 19.0 Å². The molecule has 4 heterocycles. The predicted octanol–water partition coefficient (Wildman–Crippen LogP) is 3.99. The molecule has 190 valence electrons. The lowest BCUT2D eigenvalue weighted by atomic mass is 9.85. The van der Waals surface area contributed by atoms with Gasteiger partial charge in [0.2, 0.25) is 5.60 Å². The van der Waals surface area contributed by atoms with Gasteiger partial charge in [0.15, 0.2) is 0 Å². The summed E-state index contributed by atoms with van der Waals surface area (Å²) >= 11 is 0. The lowest BCUT2D eigenvalue weighted by Gasteiger charge is -2.35. The van der Waals surface area contributed by atoms with Gasteiger partial charge in [-0.3, -0.25) is 14.9 Å². The molecule has 0 saturated heterocycles. The van der Waals surface area contributed by atoms with Crippen molar-refractivity contribution in [1.29, 1.82) is 0 Å². The maximum Gasteiger partial charge on any atom is 0.355 e. The van der Waals surface area contributed by atoms with Gasteiger partial charge in [-0.1, -0.05) is 13.0 Å². The third-order valence-electron chi connectivity index (χ3n) is 7.04. The number of rotatable bonds is 4. The average molecular weight is 515 g/mol. The van der Waals surface area contributed by atoms with Crippen molar-refractivity contribution in [2.75, 3.05) is 0 Å². The molecular weight excluding hydrogens is 497 g/mol.